The average molecular weight is 355 g/mol. The lowest BCUT2D eigenvalue weighted by atomic mass is 9.84. The molecule has 0 aliphatic carbocycles. The molecule has 0 fully saturated rings. The van der Waals surface area contributed by atoms with E-state index in [1.165, 1.54) is 7.11 Å². The van der Waals surface area contributed by atoms with Crippen LogP contribution in [0.25, 0.3) is 0 Å². The number of amides is 2. The van der Waals surface area contributed by atoms with Crippen molar-refractivity contribution in [2.45, 2.75) is 25.7 Å². The number of carbonyl (C=O) groups excluding carboxylic acids is 2. The lowest BCUT2D eigenvalue weighted by molar-refractivity contribution is -0.122. The first-order valence-corrected chi connectivity index (χ1v) is 8.18. The summed E-state index contributed by atoms with van der Waals surface area (Å²) in [7, 11) is 1.45. The van der Waals surface area contributed by atoms with Crippen LogP contribution in [0.3, 0.4) is 0 Å². The Kier molecular flexibility index (Phi) is 4.27. The van der Waals surface area contributed by atoms with Gasteiger partial charge in [0, 0.05) is 18.7 Å². The SMILES string of the molecule is COc1nc(N)c2c(n1)CCN(c1ccc(C(C)(C)C(N)=O)cc1)C2=O. The monoisotopic (exact) mass is 355 g/mol. The number of aromatic nitrogens is 2. The van der Waals surface area contributed by atoms with Crippen LogP contribution in [-0.4, -0.2) is 35.4 Å². The highest BCUT2D eigenvalue weighted by atomic mass is 16.5. The number of hydrogen-bond donors (Lipinski definition) is 2. The van der Waals surface area contributed by atoms with Crippen molar-refractivity contribution >= 4 is 23.3 Å². The molecule has 2 aromatic rings. The summed E-state index contributed by atoms with van der Waals surface area (Å²) in [6.45, 7) is 3.99. The van der Waals surface area contributed by atoms with E-state index in [-0.39, 0.29) is 17.7 Å². The molecule has 1 aliphatic rings. The molecule has 2 heterocycles. The van der Waals surface area contributed by atoms with Crippen molar-refractivity contribution in [1.29, 1.82) is 0 Å². The molecule has 8 heteroatoms. The molecular formula is C18H21N5O3. The fourth-order valence-electron chi connectivity index (χ4n) is 2.91. The number of anilines is 2. The number of nitrogens with zero attached hydrogens (tertiary/aromatic N) is 3. The molecule has 0 unspecified atom stereocenters. The minimum atomic E-state index is -0.786. The Labute approximate surface area is 151 Å². The van der Waals surface area contributed by atoms with E-state index in [1.807, 2.05) is 0 Å². The predicted octanol–water partition coefficient (Wildman–Crippen LogP) is 1.03. The Hall–Kier alpha value is -3.16. The molecule has 8 nitrogen and oxygen atoms in total. The summed E-state index contributed by atoms with van der Waals surface area (Å²) >= 11 is 0. The molecule has 0 saturated heterocycles. The molecule has 26 heavy (non-hydrogen) atoms. The molecule has 0 spiro atoms. The summed E-state index contributed by atoms with van der Waals surface area (Å²) in [6, 6.07) is 7.35. The number of methoxy groups -OCH3 is 1. The van der Waals surface area contributed by atoms with Crippen molar-refractivity contribution in [1.82, 2.24) is 9.97 Å². The molecule has 136 valence electrons. The van der Waals surface area contributed by atoms with E-state index < -0.39 is 11.3 Å². The number of carbonyl (C=O) groups is 2. The van der Waals surface area contributed by atoms with Crippen molar-refractivity contribution < 1.29 is 14.3 Å². The van der Waals surface area contributed by atoms with Gasteiger partial charge in [0.05, 0.1) is 18.2 Å². The van der Waals surface area contributed by atoms with Crippen LogP contribution in [0.1, 0.15) is 35.5 Å². The fraction of sp³-hybridized carbons (Fsp3) is 0.333. The van der Waals surface area contributed by atoms with Gasteiger partial charge in [-0.15, -0.1) is 0 Å². The van der Waals surface area contributed by atoms with Gasteiger partial charge in [-0.3, -0.25) is 9.59 Å². The highest BCUT2D eigenvalue weighted by Crippen LogP contribution is 2.30. The van der Waals surface area contributed by atoms with Gasteiger partial charge in [0.1, 0.15) is 11.4 Å². The Morgan fingerprint density at radius 1 is 1.23 bits per heavy atom. The molecule has 0 saturated carbocycles. The molecule has 0 radical (unpaired) electrons. The molecule has 3 rings (SSSR count). The van der Waals surface area contributed by atoms with Crippen molar-refractivity contribution in [2.75, 3.05) is 24.3 Å². The summed E-state index contributed by atoms with van der Waals surface area (Å²) in [4.78, 5) is 34.3. The van der Waals surface area contributed by atoms with Gasteiger partial charge in [-0.2, -0.15) is 9.97 Å². The number of benzene rings is 1. The Balaban J connectivity index is 1.92. The van der Waals surface area contributed by atoms with Crippen LogP contribution in [0.15, 0.2) is 24.3 Å². The smallest absolute Gasteiger partial charge is 0.318 e. The van der Waals surface area contributed by atoms with E-state index in [4.69, 9.17) is 16.2 Å². The van der Waals surface area contributed by atoms with Gasteiger partial charge < -0.3 is 21.1 Å². The Morgan fingerprint density at radius 3 is 2.46 bits per heavy atom. The minimum Gasteiger partial charge on any atom is -0.467 e. The molecule has 1 aromatic carbocycles. The summed E-state index contributed by atoms with van der Waals surface area (Å²) in [5, 5.41) is 0. The first-order chi connectivity index (χ1) is 12.3. The van der Waals surface area contributed by atoms with Gasteiger partial charge in [0.15, 0.2) is 0 Å². The summed E-state index contributed by atoms with van der Waals surface area (Å²) < 4.78 is 5.01. The molecule has 0 atom stereocenters. The van der Waals surface area contributed by atoms with Crippen LogP contribution in [0.4, 0.5) is 11.5 Å². The number of rotatable bonds is 4. The van der Waals surface area contributed by atoms with E-state index in [0.717, 1.165) is 5.56 Å². The van der Waals surface area contributed by atoms with Crippen LogP contribution in [0.5, 0.6) is 6.01 Å². The standard InChI is InChI=1S/C18H21N5O3/c1-18(2,16(20)25)10-4-6-11(7-5-10)23-9-8-12-13(15(23)24)14(19)22-17(21-12)26-3/h4-7H,8-9H2,1-3H3,(H2,20,25)(H2,19,21,22). The molecular weight excluding hydrogens is 334 g/mol. The van der Waals surface area contributed by atoms with E-state index >= 15 is 0 Å². The van der Waals surface area contributed by atoms with Gasteiger partial charge in [-0.05, 0) is 31.5 Å². The lowest BCUT2D eigenvalue weighted by Gasteiger charge is -2.29. The summed E-state index contributed by atoms with van der Waals surface area (Å²) in [5.41, 5.74) is 13.0. The number of hydrogen-bond acceptors (Lipinski definition) is 6. The highest BCUT2D eigenvalue weighted by Gasteiger charge is 2.31. The molecule has 0 bridgehead atoms. The highest BCUT2D eigenvalue weighted by molar-refractivity contribution is 6.10. The van der Waals surface area contributed by atoms with Crippen LogP contribution in [0.2, 0.25) is 0 Å². The van der Waals surface area contributed by atoms with Gasteiger partial charge in [-0.25, -0.2) is 0 Å². The van der Waals surface area contributed by atoms with Crippen LogP contribution >= 0.6 is 0 Å². The zero-order valence-electron chi connectivity index (χ0n) is 14.9. The third-order valence-electron chi connectivity index (χ3n) is 4.72. The zero-order chi connectivity index (χ0) is 19.1. The van der Waals surface area contributed by atoms with Gasteiger partial charge >= 0.3 is 6.01 Å². The molecule has 1 aromatic heterocycles. The van der Waals surface area contributed by atoms with E-state index in [2.05, 4.69) is 9.97 Å². The maximum atomic E-state index is 12.9. The number of ether oxygens (including phenoxy) is 1. The van der Waals surface area contributed by atoms with Gasteiger partial charge in [-0.1, -0.05) is 12.1 Å². The quantitative estimate of drug-likeness (QED) is 0.844. The van der Waals surface area contributed by atoms with Crippen LogP contribution in [-0.2, 0) is 16.6 Å². The molecule has 1 aliphatic heterocycles. The van der Waals surface area contributed by atoms with Gasteiger partial charge in [0.2, 0.25) is 5.91 Å². The second kappa shape index (κ2) is 6.29. The maximum Gasteiger partial charge on any atom is 0.318 e. The number of primary amides is 1. The number of fused-ring (bicyclic) bond motifs is 1. The third kappa shape index (κ3) is 2.83. The number of nitrogen functional groups attached to an aromatic ring is 1. The second-order valence-corrected chi connectivity index (χ2v) is 6.66. The van der Waals surface area contributed by atoms with E-state index in [9.17, 15) is 9.59 Å². The Morgan fingerprint density at radius 2 is 1.88 bits per heavy atom. The normalized spacial score (nSPS) is 14.1. The lowest BCUT2D eigenvalue weighted by Crippen LogP contribution is -2.39. The first-order valence-electron chi connectivity index (χ1n) is 8.18. The number of nitrogens with two attached hydrogens (primary N) is 2. The van der Waals surface area contributed by atoms with Gasteiger partial charge in [0.25, 0.3) is 5.91 Å². The molecule has 2 amide bonds. The first kappa shape index (κ1) is 17.7. The van der Waals surface area contributed by atoms with Crippen molar-refractivity contribution in [3.05, 3.63) is 41.1 Å². The second-order valence-electron chi connectivity index (χ2n) is 6.66. The Bertz CT molecular complexity index is 877. The topological polar surface area (TPSA) is 124 Å². The fourth-order valence-corrected chi connectivity index (χ4v) is 2.91. The molecule has 4 N–H and O–H groups in total. The summed E-state index contributed by atoms with van der Waals surface area (Å²) in [6.07, 6.45) is 0.540. The predicted molar refractivity (Wildman–Crippen MR) is 97.0 cm³/mol. The van der Waals surface area contributed by atoms with E-state index in [1.54, 1.807) is 43.0 Å². The third-order valence-corrected chi connectivity index (χ3v) is 4.72. The van der Waals surface area contributed by atoms with E-state index in [0.29, 0.717) is 29.9 Å². The zero-order valence-corrected chi connectivity index (χ0v) is 14.9. The largest absolute Gasteiger partial charge is 0.467 e. The minimum absolute atomic E-state index is 0.105. The average Bonchev–Trinajstić information content (AvgIpc) is 2.61. The summed E-state index contributed by atoms with van der Waals surface area (Å²) in [5.74, 6) is -0.562. The van der Waals surface area contributed by atoms with Crippen LogP contribution < -0.4 is 21.1 Å². The van der Waals surface area contributed by atoms with Crippen molar-refractivity contribution in [3.63, 3.8) is 0 Å². The van der Waals surface area contributed by atoms with Crippen LogP contribution in [0, 0.1) is 0 Å². The maximum absolute atomic E-state index is 12.9. The van der Waals surface area contributed by atoms with Crippen molar-refractivity contribution in [2.24, 2.45) is 5.73 Å². The van der Waals surface area contributed by atoms with Crippen molar-refractivity contribution in [3.8, 4) is 6.01 Å².